The highest BCUT2D eigenvalue weighted by molar-refractivity contribution is 8.00. The Kier molecular flexibility index (Phi) is 5.07. The number of aromatic nitrogens is 1. The second kappa shape index (κ2) is 7.47. The molecule has 1 aromatic carbocycles. The third-order valence-corrected chi connectivity index (χ3v) is 6.00. The monoisotopic (exact) mass is 389 g/mol. The average molecular weight is 390 g/mol. The molecule has 4 rings (SSSR count). The summed E-state index contributed by atoms with van der Waals surface area (Å²) in [5.74, 6) is 2.13. The first-order valence-corrected chi connectivity index (χ1v) is 9.99. The van der Waals surface area contributed by atoms with Gasteiger partial charge in [0, 0.05) is 40.7 Å². The van der Waals surface area contributed by atoms with Gasteiger partial charge in [-0.25, -0.2) is 4.98 Å². The number of ether oxygens (including phenoxy) is 1. The predicted octanol–water partition coefficient (Wildman–Crippen LogP) is 4.27. The molecule has 2 fully saturated rings. The van der Waals surface area contributed by atoms with Gasteiger partial charge < -0.3 is 14.4 Å². The molecule has 0 unspecified atom stereocenters. The summed E-state index contributed by atoms with van der Waals surface area (Å²) in [5, 5.41) is 3.60. The van der Waals surface area contributed by atoms with E-state index in [0.717, 1.165) is 35.7 Å². The molecule has 1 amide bonds. The highest BCUT2D eigenvalue weighted by Gasteiger charge is 2.22. The van der Waals surface area contributed by atoms with Crippen molar-refractivity contribution in [2.45, 2.75) is 19.3 Å². The average Bonchev–Trinajstić information content (AvgIpc) is 3.07. The summed E-state index contributed by atoms with van der Waals surface area (Å²) < 4.78 is 7.40. The molecule has 3 heterocycles. The van der Waals surface area contributed by atoms with E-state index in [-0.39, 0.29) is 5.91 Å². The second-order valence-electron chi connectivity index (χ2n) is 6.61. The Bertz CT molecular complexity index is 836. The van der Waals surface area contributed by atoms with Crippen molar-refractivity contribution in [2.24, 2.45) is 0 Å². The van der Waals surface area contributed by atoms with E-state index in [1.807, 2.05) is 25.1 Å². The Labute approximate surface area is 162 Å². The fourth-order valence-electron chi connectivity index (χ4n) is 3.07. The van der Waals surface area contributed by atoms with Gasteiger partial charge in [0.2, 0.25) is 0 Å². The minimum atomic E-state index is -0.145. The van der Waals surface area contributed by atoms with Gasteiger partial charge in [-0.2, -0.15) is 0 Å². The van der Waals surface area contributed by atoms with Crippen LogP contribution in [0.5, 0.6) is 0 Å². The number of benzene rings is 1. The lowest BCUT2D eigenvalue weighted by molar-refractivity contribution is 0.00845. The summed E-state index contributed by atoms with van der Waals surface area (Å²) in [6.07, 6.45) is 2.90. The quantitative estimate of drug-likeness (QED) is 0.791. The molecule has 1 aromatic heterocycles. The van der Waals surface area contributed by atoms with Crippen LogP contribution in [0.4, 0.5) is 11.5 Å². The highest BCUT2D eigenvalue weighted by Crippen LogP contribution is 2.31. The van der Waals surface area contributed by atoms with Gasteiger partial charge in [0.15, 0.2) is 0 Å². The highest BCUT2D eigenvalue weighted by atomic mass is 35.5. The van der Waals surface area contributed by atoms with Gasteiger partial charge in [-0.05, 0) is 60.7 Å². The maximum absolute atomic E-state index is 12.8. The van der Waals surface area contributed by atoms with Crippen molar-refractivity contribution < 1.29 is 9.53 Å². The number of anilines is 2. The molecule has 0 saturated carbocycles. The van der Waals surface area contributed by atoms with Crippen LogP contribution in [0.3, 0.4) is 0 Å². The zero-order chi connectivity index (χ0) is 18.1. The maximum Gasteiger partial charge on any atom is 0.256 e. The molecule has 2 aliphatic heterocycles. The molecule has 0 spiro atoms. The number of nitrogens with zero attached hydrogens (tertiary/aromatic N) is 2. The van der Waals surface area contributed by atoms with Crippen molar-refractivity contribution in [2.75, 3.05) is 35.1 Å². The van der Waals surface area contributed by atoms with Crippen molar-refractivity contribution in [3.8, 4) is 0 Å². The molecule has 2 saturated heterocycles. The van der Waals surface area contributed by atoms with Crippen LogP contribution in [0, 0.1) is 6.92 Å². The van der Waals surface area contributed by atoms with E-state index >= 15 is 0 Å². The van der Waals surface area contributed by atoms with Crippen LogP contribution in [-0.2, 0) is 4.74 Å². The van der Waals surface area contributed by atoms with E-state index in [2.05, 4.69) is 14.6 Å². The van der Waals surface area contributed by atoms with Crippen molar-refractivity contribution >= 4 is 41.0 Å². The number of rotatable bonds is 4. The molecular formula is C19H20ClN3O2S. The smallest absolute Gasteiger partial charge is 0.256 e. The molecular weight excluding hydrogens is 370 g/mol. The molecule has 7 heteroatoms. The maximum atomic E-state index is 12.8. The van der Waals surface area contributed by atoms with E-state index in [4.69, 9.17) is 16.3 Å². The first-order chi connectivity index (χ1) is 12.6. The standard InChI is InChI=1S/C19H20ClN3O2S/c1-12-9-21-18(23-3-2-4-26-23)8-17(12)19(24)22-16-6-13(5-15(20)7-16)14-10-25-11-14/h5-9,14H,2-4,10-11H2,1H3,(H,22,24). The SMILES string of the molecule is Cc1cnc(N2CCCS2)cc1C(=O)Nc1cc(Cl)cc(C2COC2)c1. The third-order valence-electron chi connectivity index (χ3n) is 4.63. The summed E-state index contributed by atoms with van der Waals surface area (Å²) >= 11 is 7.99. The van der Waals surface area contributed by atoms with Crippen molar-refractivity contribution in [1.82, 2.24) is 4.98 Å². The number of nitrogens with one attached hydrogen (secondary N) is 1. The number of carbonyl (C=O) groups is 1. The number of aryl methyl sites for hydroxylation is 1. The molecule has 0 radical (unpaired) electrons. The van der Waals surface area contributed by atoms with Gasteiger partial charge in [0.1, 0.15) is 5.82 Å². The van der Waals surface area contributed by atoms with Gasteiger partial charge >= 0.3 is 0 Å². The number of pyridine rings is 1. The molecule has 2 aliphatic rings. The van der Waals surface area contributed by atoms with Crippen LogP contribution >= 0.6 is 23.5 Å². The molecule has 0 atom stereocenters. The van der Waals surface area contributed by atoms with Gasteiger partial charge in [0.05, 0.1) is 13.2 Å². The van der Waals surface area contributed by atoms with Crippen molar-refractivity contribution in [1.29, 1.82) is 0 Å². The molecule has 5 nitrogen and oxygen atoms in total. The van der Waals surface area contributed by atoms with E-state index in [9.17, 15) is 4.79 Å². The van der Waals surface area contributed by atoms with Crippen LogP contribution < -0.4 is 9.62 Å². The summed E-state index contributed by atoms with van der Waals surface area (Å²) in [6.45, 7) is 4.27. The van der Waals surface area contributed by atoms with E-state index in [1.165, 1.54) is 0 Å². The zero-order valence-corrected chi connectivity index (χ0v) is 16.1. The summed E-state index contributed by atoms with van der Waals surface area (Å²) in [7, 11) is 0. The Morgan fingerprint density at radius 2 is 2.19 bits per heavy atom. The van der Waals surface area contributed by atoms with E-state index in [1.54, 1.807) is 24.2 Å². The predicted molar refractivity (Wildman–Crippen MR) is 106 cm³/mol. The van der Waals surface area contributed by atoms with E-state index < -0.39 is 0 Å². The van der Waals surface area contributed by atoms with Gasteiger partial charge in [-0.1, -0.05) is 11.6 Å². The first-order valence-electron chi connectivity index (χ1n) is 8.67. The fraction of sp³-hybridized carbons (Fsp3) is 0.368. The normalized spacial score (nSPS) is 17.2. The van der Waals surface area contributed by atoms with Crippen LogP contribution in [0.25, 0.3) is 0 Å². The van der Waals surface area contributed by atoms with E-state index in [0.29, 0.717) is 35.4 Å². The largest absolute Gasteiger partial charge is 0.380 e. The number of carbonyl (C=O) groups excluding carboxylic acids is 1. The van der Waals surface area contributed by atoms with Crippen molar-refractivity contribution in [3.63, 3.8) is 0 Å². The second-order valence-corrected chi connectivity index (χ2v) is 8.15. The number of hydrogen-bond acceptors (Lipinski definition) is 5. The molecule has 0 bridgehead atoms. The number of hydrogen-bond donors (Lipinski definition) is 1. The summed E-state index contributed by atoms with van der Waals surface area (Å²) in [5.41, 5.74) is 3.29. The lowest BCUT2D eigenvalue weighted by Crippen LogP contribution is -2.25. The van der Waals surface area contributed by atoms with Crippen LogP contribution in [0.1, 0.15) is 33.8 Å². The fourth-order valence-corrected chi connectivity index (χ4v) is 4.28. The topological polar surface area (TPSA) is 54.5 Å². The van der Waals surface area contributed by atoms with Crippen LogP contribution in [0.15, 0.2) is 30.5 Å². The van der Waals surface area contributed by atoms with Gasteiger partial charge in [-0.15, -0.1) is 0 Å². The Morgan fingerprint density at radius 3 is 2.88 bits per heavy atom. The van der Waals surface area contributed by atoms with Gasteiger partial charge in [-0.3, -0.25) is 4.79 Å². The minimum absolute atomic E-state index is 0.145. The summed E-state index contributed by atoms with van der Waals surface area (Å²) in [4.78, 5) is 17.3. The molecule has 26 heavy (non-hydrogen) atoms. The zero-order valence-electron chi connectivity index (χ0n) is 14.5. The molecule has 136 valence electrons. The molecule has 2 aromatic rings. The van der Waals surface area contributed by atoms with Gasteiger partial charge in [0.25, 0.3) is 5.91 Å². The molecule has 0 aliphatic carbocycles. The Morgan fingerprint density at radius 1 is 1.35 bits per heavy atom. The Balaban J connectivity index is 1.56. The molecule has 1 N–H and O–H groups in total. The van der Waals surface area contributed by atoms with Crippen molar-refractivity contribution in [3.05, 3.63) is 52.2 Å². The third kappa shape index (κ3) is 3.68. The number of amides is 1. The first kappa shape index (κ1) is 17.6. The van der Waals surface area contributed by atoms with Crippen LogP contribution in [-0.4, -0.2) is 36.4 Å². The van der Waals surface area contributed by atoms with Crippen LogP contribution in [0.2, 0.25) is 5.02 Å². The summed E-state index contributed by atoms with van der Waals surface area (Å²) in [6, 6.07) is 7.56. The number of halogens is 1. The minimum Gasteiger partial charge on any atom is -0.380 e. The Hall–Kier alpha value is -1.76. The lowest BCUT2D eigenvalue weighted by Gasteiger charge is -2.27. The lowest BCUT2D eigenvalue weighted by atomic mass is 9.97.